The largest absolute Gasteiger partial charge is 0.493 e. The van der Waals surface area contributed by atoms with Crippen molar-refractivity contribution in [2.45, 2.75) is 25.7 Å². The number of hydrogen-bond donors (Lipinski definition) is 1. The van der Waals surface area contributed by atoms with E-state index < -0.39 is 0 Å². The predicted molar refractivity (Wildman–Crippen MR) is 94.0 cm³/mol. The lowest BCUT2D eigenvalue weighted by atomic mass is 10.1. The first-order valence-electron chi connectivity index (χ1n) is 7.98. The molecular formula is C17H27ClN2O3. The highest BCUT2D eigenvalue weighted by atomic mass is 35.5. The zero-order valence-electron chi connectivity index (χ0n) is 14.0. The molecule has 5 nitrogen and oxygen atoms in total. The number of carbonyl (C=O) groups is 1. The molecule has 2 rings (SSSR count). The van der Waals surface area contributed by atoms with Crippen molar-refractivity contribution in [1.82, 2.24) is 10.2 Å². The minimum Gasteiger partial charge on any atom is -0.493 e. The van der Waals surface area contributed by atoms with Crippen LogP contribution in [0.2, 0.25) is 0 Å². The molecule has 0 aromatic heterocycles. The summed E-state index contributed by atoms with van der Waals surface area (Å²) in [5, 5.41) is 2.96. The third kappa shape index (κ3) is 5.59. The molecule has 1 aliphatic heterocycles. The van der Waals surface area contributed by atoms with E-state index in [9.17, 15) is 4.79 Å². The van der Waals surface area contributed by atoms with Gasteiger partial charge >= 0.3 is 0 Å². The Kier molecular flexibility index (Phi) is 8.81. The number of nitrogens with one attached hydrogen (secondary N) is 1. The molecule has 23 heavy (non-hydrogen) atoms. The molecule has 0 saturated carbocycles. The Balaban J connectivity index is 0.00000264. The molecule has 6 heteroatoms. The molecule has 0 radical (unpaired) electrons. The number of likely N-dealkylation sites (tertiary alicyclic amines) is 1. The highest BCUT2D eigenvalue weighted by Crippen LogP contribution is 2.30. The van der Waals surface area contributed by atoms with Gasteiger partial charge in [-0.25, -0.2) is 0 Å². The van der Waals surface area contributed by atoms with Gasteiger partial charge in [0.25, 0.3) is 5.91 Å². The van der Waals surface area contributed by atoms with E-state index >= 15 is 0 Å². The zero-order chi connectivity index (χ0) is 15.8. The summed E-state index contributed by atoms with van der Waals surface area (Å²) in [4.78, 5) is 14.7. The van der Waals surface area contributed by atoms with E-state index in [-0.39, 0.29) is 18.3 Å². The lowest BCUT2D eigenvalue weighted by Crippen LogP contribution is -2.26. The molecule has 1 aromatic rings. The van der Waals surface area contributed by atoms with Crippen molar-refractivity contribution in [3.8, 4) is 11.5 Å². The summed E-state index contributed by atoms with van der Waals surface area (Å²) in [5.74, 6) is 0.945. The van der Waals surface area contributed by atoms with Gasteiger partial charge in [0.05, 0.1) is 19.8 Å². The van der Waals surface area contributed by atoms with Crippen molar-refractivity contribution >= 4 is 18.3 Å². The molecule has 1 aliphatic rings. The van der Waals surface area contributed by atoms with Crippen LogP contribution in [-0.2, 0) is 0 Å². The number of halogens is 1. The van der Waals surface area contributed by atoms with E-state index in [1.807, 2.05) is 0 Å². The van der Waals surface area contributed by atoms with Crippen LogP contribution in [0.1, 0.15) is 36.0 Å². The summed E-state index contributed by atoms with van der Waals surface area (Å²) in [5.41, 5.74) is 0.515. The maximum Gasteiger partial charge on any atom is 0.255 e. The Bertz CT molecular complexity index is 491. The van der Waals surface area contributed by atoms with Crippen molar-refractivity contribution in [1.29, 1.82) is 0 Å². The van der Waals surface area contributed by atoms with Crippen molar-refractivity contribution in [2.24, 2.45) is 0 Å². The first-order valence-corrected chi connectivity index (χ1v) is 7.98. The van der Waals surface area contributed by atoms with E-state index in [2.05, 4.69) is 10.2 Å². The van der Waals surface area contributed by atoms with Gasteiger partial charge in [-0.05, 0) is 57.5 Å². The van der Waals surface area contributed by atoms with Crippen LogP contribution in [0.5, 0.6) is 11.5 Å². The molecule has 1 N–H and O–H groups in total. The van der Waals surface area contributed by atoms with Gasteiger partial charge in [0, 0.05) is 6.54 Å². The second-order valence-electron chi connectivity index (χ2n) is 5.55. The number of carbonyl (C=O) groups excluding carboxylic acids is 1. The van der Waals surface area contributed by atoms with Gasteiger partial charge < -0.3 is 19.7 Å². The summed E-state index contributed by atoms with van der Waals surface area (Å²) in [6, 6.07) is 5.33. The normalized spacial score (nSPS) is 14.2. The van der Waals surface area contributed by atoms with Gasteiger partial charge in [0.15, 0.2) is 11.5 Å². The zero-order valence-corrected chi connectivity index (χ0v) is 14.8. The first-order chi connectivity index (χ1) is 10.8. The summed E-state index contributed by atoms with van der Waals surface area (Å²) in [7, 11) is 3.11. The van der Waals surface area contributed by atoms with Gasteiger partial charge in [-0.3, -0.25) is 4.79 Å². The van der Waals surface area contributed by atoms with Crippen molar-refractivity contribution in [3.05, 3.63) is 23.8 Å². The molecule has 1 fully saturated rings. The van der Waals surface area contributed by atoms with Crippen molar-refractivity contribution < 1.29 is 14.3 Å². The van der Waals surface area contributed by atoms with Crippen molar-refractivity contribution in [3.63, 3.8) is 0 Å². The maximum atomic E-state index is 12.3. The Morgan fingerprint density at radius 2 is 1.91 bits per heavy atom. The predicted octanol–water partition coefficient (Wildman–Crippen LogP) is 2.73. The molecule has 0 atom stereocenters. The third-order valence-electron chi connectivity index (χ3n) is 4.03. The standard InChI is InChI=1S/C17H26N2O3.ClH/c1-21-15-9-7-8-14(16(15)22-2)17(20)18-10-3-4-11-19-12-5-6-13-19;/h7-9H,3-6,10-13H2,1-2H3,(H,18,20);1H. The quantitative estimate of drug-likeness (QED) is 0.738. The van der Waals surface area contributed by atoms with Crippen LogP contribution in [-0.4, -0.2) is 51.2 Å². The van der Waals surface area contributed by atoms with E-state index in [1.165, 1.54) is 25.9 Å². The minimum absolute atomic E-state index is 0. The van der Waals surface area contributed by atoms with Gasteiger partial charge in [-0.1, -0.05) is 6.07 Å². The van der Waals surface area contributed by atoms with Gasteiger partial charge in [-0.2, -0.15) is 0 Å². The molecule has 0 unspecified atom stereocenters. The summed E-state index contributed by atoms with van der Waals surface area (Å²) in [6.07, 6.45) is 4.77. The monoisotopic (exact) mass is 342 g/mol. The fourth-order valence-corrected chi connectivity index (χ4v) is 2.83. The molecular weight excluding hydrogens is 316 g/mol. The average molecular weight is 343 g/mol. The van der Waals surface area contributed by atoms with Gasteiger partial charge in [0.1, 0.15) is 0 Å². The molecule has 0 aliphatic carbocycles. The first kappa shape index (κ1) is 19.6. The van der Waals surface area contributed by atoms with Crippen LogP contribution in [0.25, 0.3) is 0 Å². The summed E-state index contributed by atoms with van der Waals surface area (Å²) in [6.45, 7) is 4.28. The molecule has 1 amide bonds. The SMILES string of the molecule is COc1cccc(C(=O)NCCCCN2CCCC2)c1OC.Cl. The lowest BCUT2D eigenvalue weighted by Gasteiger charge is -2.14. The number of rotatable bonds is 8. The average Bonchev–Trinajstić information content (AvgIpc) is 3.06. The van der Waals surface area contributed by atoms with Crippen LogP contribution in [0.3, 0.4) is 0 Å². The molecule has 1 saturated heterocycles. The van der Waals surface area contributed by atoms with Crippen LogP contribution in [0, 0.1) is 0 Å². The van der Waals surface area contributed by atoms with E-state index in [0.717, 1.165) is 19.4 Å². The molecule has 130 valence electrons. The number of nitrogens with zero attached hydrogens (tertiary/aromatic N) is 1. The molecule has 1 heterocycles. The second-order valence-corrected chi connectivity index (χ2v) is 5.55. The molecule has 1 aromatic carbocycles. The topological polar surface area (TPSA) is 50.8 Å². The fraction of sp³-hybridized carbons (Fsp3) is 0.588. The maximum absolute atomic E-state index is 12.3. The smallest absolute Gasteiger partial charge is 0.255 e. The van der Waals surface area contributed by atoms with Gasteiger partial charge in [0.2, 0.25) is 0 Å². The second kappa shape index (κ2) is 10.3. The fourth-order valence-electron chi connectivity index (χ4n) is 2.83. The Hall–Kier alpha value is -1.46. The third-order valence-corrected chi connectivity index (χ3v) is 4.03. The number of methoxy groups -OCH3 is 2. The van der Waals surface area contributed by atoms with Crippen LogP contribution in [0.4, 0.5) is 0 Å². The highest BCUT2D eigenvalue weighted by molar-refractivity contribution is 5.97. The van der Waals surface area contributed by atoms with Crippen LogP contribution in [0.15, 0.2) is 18.2 Å². The Morgan fingerprint density at radius 1 is 1.17 bits per heavy atom. The number of benzene rings is 1. The minimum atomic E-state index is -0.114. The number of unbranched alkanes of at least 4 members (excludes halogenated alkanes) is 1. The lowest BCUT2D eigenvalue weighted by molar-refractivity contribution is 0.0949. The number of amides is 1. The van der Waals surface area contributed by atoms with E-state index in [4.69, 9.17) is 9.47 Å². The van der Waals surface area contributed by atoms with Crippen LogP contribution < -0.4 is 14.8 Å². The van der Waals surface area contributed by atoms with Crippen LogP contribution >= 0.6 is 12.4 Å². The Morgan fingerprint density at radius 3 is 2.57 bits per heavy atom. The molecule has 0 bridgehead atoms. The number of hydrogen-bond acceptors (Lipinski definition) is 4. The van der Waals surface area contributed by atoms with Crippen molar-refractivity contribution in [2.75, 3.05) is 40.4 Å². The number of para-hydroxylation sites is 1. The highest BCUT2D eigenvalue weighted by Gasteiger charge is 2.16. The molecule has 0 spiro atoms. The number of ether oxygens (including phenoxy) is 2. The van der Waals surface area contributed by atoms with E-state index in [1.54, 1.807) is 32.4 Å². The Labute approximate surface area is 144 Å². The summed E-state index contributed by atoms with van der Waals surface area (Å²) < 4.78 is 10.5. The van der Waals surface area contributed by atoms with Gasteiger partial charge in [-0.15, -0.1) is 12.4 Å². The van der Waals surface area contributed by atoms with E-state index in [0.29, 0.717) is 23.6 Å². The summed E-state index contributed by atoms with van der Waals surface area (Å²) >= 11 is 0.